The molecule has 0 saturated carbocycles. The average molecular weight is 442 g/mol. The molecule has 0 unspecified atom stereocenters. The zero-order chi connectivity index (χ0) is 22.3. The summed E-state index contributed by atoms with van der Waals surface area (Å²) < 4.78 is 55.2. The molecular formula is C22H18F4N6. The summed E-state index contributed by atoms with van der Waals surface area (Å²) in [5.74, 6) is -0.0747. The van der Waals surface area contributed by atoms with Crippen molar-refractivity contribution in [1.82, 2.24) is 29.9 Å². The number of aryl methyl sites for hydroxylation is 1. The van der Waals surface area contributed by atoms with Gasteiger partial charge in [-0.05, 0) is 54.7 Å². The largest absolute Gasteiger partial charge is 0.437 e. The number of hydrogen-bond donors (Lipinski definition) is 1. The monoisotopic (exact) mass is 442 g/mol. The fourth-order valence-electron chi connectivity index (χ4n) is 4.25. The molecule has 10 heteroatoms. The van der Waals surface area contributed by atoms with Crippen LogP contribution in [0.5, 0.6) is 0 Å². The van der Waals surface area contributed by atoms with E-state index in [1.165, 1.54) is 30.0 Å². The maximum absolute atomic E-state index is 13.8. The SMILES string of the molecule is Fc1ccc2c(c1)[C@H](Cn1cnc(-c3cc(-c4n[nH]nc4C(F)(F)F)ccn3)c1)CCC2. The van der Waals surface area contributed by atoms with Crippen molar-refractivity contribution in [3.05, 3.63) is 71.7 Å². The Bertz CT molecular complexity index is 1260. The predicted molar refractivity (Wildman–Crippen MR) is 108 cm³/mol. The zero-order valence-corrected chi connectivity index (χ0v) is 16.8. The molecule has 1 aromatic carbocycles. The highest BCUT2D eigenvalue weighted by Crippen LogP contribution is 2.35. The summed E-state index contributed by atoms with van der Waals surface area (Å²) in [6.07, 6.45) is 3.18. The summed E-state index contributed by atoms with van der Waals surface area (Å²) >= 11 is 0. The summed E-state index contributed by atoms with van der Waals surface area (Å²) in [5.41, 5.74) is 2.02. The number of imidazole rings is 1. The zero-order valence-electron chi connectivity index (χ0n) is 16.8. The molecular weight excluding hydrogens is 424 g/mol. The lowest BCUT2D eigenvalue weighted by atomic mass is 9.82. The Morgan fingerprint density at radius 3 is 2.78 bits per heavy atom. The van der Waals surface area contributed by atoms with E-state index in [0.717, 1.165) is 24.8 Å². The molecule has 5 rings (SSSR count). The van der Waals surface area contributed by atoms with Crippen molar-refractivity contribution in [3.63, 3.8) is 0 Å². The summed E-state index contributed by atoms with van der Waals surface area (Å²) in [5, 5.41) is 8.93. The van der Waals surface area contributed by atoms with Crippen LogP contribution >= 0.6 is 0 Å². The number of hydrogen-bond acceptors (Lipinski definition) is 4. The van der Waals surface area contributed by atoms with Gasteiger partial charge in [0, 0.05) is 30.4 Å². The number of aromatic nitrogens is 6. The van der Waals surface area contributed by atoms with Crippen molar-refractivity contribution in [2.45, 2.75) is 37.9 Å². The van der Waals surface area contributed by atoms with Gasteiger partial charge in [0.25, 0.3) is 0 Å². The number of rotatable bonds is 4. The number of alkyl halides is 3. The Morgan fingerprint density at radius 2 is 1.94 bits per heavy atom. The molecule has 0 bridgehead atoms. The average Bonchev–Trinajstić information content (AvgIpc) is 3.44. The number of halogens is 4. The summed E-state index contributed by atoms with van der Waals surface area (Å²) in [4.78, 5) is 8.63. The van der Waals surface area contributed by atoms with E-state index in [1.807, 2.05) is 15.8 Å². The van der Waals surface area contributed by atoms with Gasteiger partial charge in [-0.1, -0.05) is 6.07 Å². The first-order valence-electron chi connectivity index (χ1n) is 10.1. The second-order valence-electron chi connectivity index (χ2n) is 7.84. The normalized spacial score (nSPS) is 16.2. The molecule has 6 nitrogen and oxygen atoms in total. The molecule has 1 N–H and O–H groups in total. The van der Waals surface area contributed by atoms with E-state index in [4.69, 9.17) is 0 Å². The van der Waals surface area contributed by atoms with Gasteiger partial charge in [0.2, 0.25) is 0 Å². The quantitative estimate of drug-likeness (QED) is 0.451. The van der Waals surface area contributed by atoms with Crippen molar-refractivity contribution < 1.29 is 17.6 Å². The van der Waals surface area contributed by atoms with E-state index in [-0.39, 0.29) is 23.0 Å². The van der Waals surface area contributed by atoms with E-state index < -0.39 is 11.9 Å². The van der Waals surface area contributed by atoms with Crippen LogP contribution in [0.25, 0.3) is 22.6 Å². The van der Waals surface area contributed by atoms with Gasteiger partial charge in [-0.25, -0.2) is 9.37 Å². The summed E-state index contributed by atoms with van der Waals surface area (Å²) in [7, 11) is 0. The highest BCUT2D eigenvalue weighted by Gasteiger charge is 2.38. The van der Waals surface area contributed by atoms with Gasteiger partial charge in [0.05, 0.1) is 12.0 Å². The fraction of sp³-hybridized carbons (Fsp3) is 0.273. The Balaban J connectivity index is 1.40. The van der Waals surface area contributed by atoms with Crippen LogP contribution in [-0.2, 0) is 19.1 Å². The van der Waals surface area contributed by atoms with Gasteiger partial charge in [0.1, 0.15) is 17.2 Å². The standard InChI is InChI=1S/C22H18F4N6/c23-16-5-4-13-2-1-3-15(17(13)9-16)10-32-11-19(28-12-32)18-8-14(6-7-27-18)20-21(22(24,25)26)30-31-29-20/h4-9,11-12,15H,1-3,10H2,(H,29,30,31)/t15-/m0/s1. The molecule has 1 aliphatic carbocycles. The van der Waals surface area contributed by atoms with Gasteiger partial charge in [-0.2, -0.15) is 28.6 Å². The van der Waals surface area contributed by atoms with Crippen LogP contribution in [0, 0.1) is 5.82 Å². The fourth-order valence-corrected chi connectivity index (χ4v) is 4.25. The Kier molecular flexibility index (Phi) is 4.99. The number of fused-ring (bicyclic) bond motifs is 1. The van der Waals surface area contributed by atoms with Crippen molar-refractivity contribution in [2.75, 3.05) is 0 Å². The van der Waals surface area contributed by atoms with Crippen LogP contribution in [-0.4, -0.2) is 29.9 Å². The lowest BCUT2D eigenvalue weighted by Crippen LogP contribution is -2.15. The summed E-state index contributed by atoms with van der Waals surface area (Å²) in [6, 6.07) is 7.91. The maximum Gasteiger partial charge on any atom is 0.437 e. The lowest BCUT2D eigenvalue weighted by Gasteiger charge is -2.25. The molecule has 164 valence electrons. The van der Waals surface area contributed by atoms with Gasteiger partial charge in [-0.15, -0.1) is 0 Å². The highest BCUT2D eigenvalue weighted by molar-refractivity contribution is 5.67. The van der Waals surface area contributed by atoms with Crippen molar-refractivity contribution >= 4 is 0 Å². The second kappa shape index (κ2) is 7.85. The van der Waals surface area contributed by atoms with Gasteiger partial charge < -0.3 is 4.57 Å². The Hall–Kier alpha value is -3.56. The molecule has 3 aromatic heterocycles. The molecule has 32 heavy (non-hydrogen) atoms. The van der Waals surface area contributed by atoms with Gasteiger partial charge in [0.15, 0.2) is 5.69 Å². The molecule has 0 fully saturated rings. The molecule has 3 heterocycles. The van der Waals surface area contributed by atoms with E-state index in [2.05, 4.69) is 20.2 Å². The van der Waals surface area contributed by atoms with E-state index in [0.29, 0.717) is 17.9 Å². The molecule has 1 atom stereocenters. The van der Waals surface area contributed by atoms with E-state index in [1.54, 1.807) is 18.6 Å². The molecule has 4 aromatic rings. The Labute approximate surface area is 180 Å². The third-order valence-corrected chi connectivity index (χ3v) is 5.72. The molecule has 1 aliphatic rings. The smallest absolute Gasteiger partial charge is 0.336 e. The molecule has 0 saturated heterocycles. The number of pyridine rings is 1. The van der Waals surface area contributed by atoms with Gasteiger partial charge in [-0.3, -0.25) is 4.98 Å². The predicted octanol–water partition coefficient (Wildman–Crippen LogP) is 5.01. The summed E-state index contributed by atoms with van der Waals surface area (Å²) in [6.45, 7) is 0.630. The third-order valence-electron chi connectivity index (χ3n) is 5.72. The van der Waals surface area contributed by atoms with Crippen LogP contribution in [0.2, 0.25) is 0 Å². The molecule has 0 spiro atoms. The first-order valence-corrected chi connectivity index (χ1v) is 10.1. The van der Waals surface area contributed by atoms with Crippen molar-refractivity contribution in [1.29, 1.82) is 0 Å². The van der Waals surface area contributed by atoms with Crippen molar-refractivity contribution in [2.24, 2.45) is 0 Å². The number of aromatic amines is 1. The van der Waals surface area contributed by atoms with E-state index >= 15 is 0 Å². The minimum atomic E-state index is -4.62. The highest BCUT2D eigenvalue weighted by atomic mass is 19.4. The molecule has 0 amide bonds. The van der Waals surface area contributed by atoms with Crippen molar-refractivity contribution in [3.8, 4) is 22.6 Å². The molecule has 0 aliphatic heterocycles. The number of nitrogens with zero attached hydrogens (tertiary/aromatic N) is 5. The van der Waals surface area contributed by atoms with Crippen LogP contribution in [0.1, 0.15) is 35.6 Å². The molecule has 0 radical (unpaired) electrons. The van der Waals surface area contributed by atoms with E-state index in [9.17, 15) is 17.6 Å². The number of benzene rings is 1. The minimum absolute atomic E-state index is 0.167. The lowest BCUT2D eigenvalue weighted by molar-refractivity contribution is -0.140. The van der Waals surface area contributed by atoms with Crippen LogP contribution < -0.4 is 0 Å². The maximum atomic E-state index is 13.8. The van der Waals surface area contributed by atoms with Gasteiger partial charge >= 0.3 is 6.18 Å². The van der Waals surface area contributed by atoms with Crippen LogP contribution in [0.15, 0.2) is 49.1 Å². The Morgan fingerprint density at radius 1 is 1.06 bits per heavy atom. The second-order valence-corrected chi connectivity index (χ2v) is 7.84. The van der Waals surface area contributed by atoms with Crippen LogP contribution in [0.4, 0.5) is 17.6 Å². The number of nitrogens with one attached hydrogen (secondary N) is 1. The third kappa shape index (κ3) is 3.88. The van der Waals surface area contributed by atoms with Crippen LogP contribution in [0.3, 0.4) is 0 Å². The first kappa shape index (κ1) is 20.3. The topological polar surface area (TPSA) is 72.3 Å². The first-order chi connectivity index (χ1) is 15.4. The minimum Gasteiger partial charge on any atom is -0.336 e. The number of H-pyrrole nitrogens is 1.